The van der Waals surface area contributed by atoms with Crippen LogP contribution in [0.5, 0.6) is 0 Å². The third-order valence-corrected chi connectivity index (χ3v) is 0.998. The lowest BCUT2D eigenvalue weighted by Crippen LogP contribution is -1.73. The van der Waals surface area contributed by atoms with Crippen molar-refractivity contribution in [2.75, 3.05) is 0 Å². The molecule has 0 saturated heterocycles. The molecule has 0 heterocycles. The lowest BCUT2D eigenvalue weighted by atomic mass is 10.2. The number of halogens is 1. The summed E-state index contributed by atoms with van der Waals surface area (Å²) in [6.45, 7) is 6.81. The second-order valence-corrected chi connectivity index (χ2v) is 1.72. The summed E-state index contributed by atoms with van der Waals surface area (Å²) in [5.74, 6) is -0.185. The van der Waals surface area contributed by atoms with Crippen molar-refractivity contribution in [1.29, 1.82) is 0 Å². The highest BCUT2D eigenvalue weighted by Gasteiger charge is 1.91. The summed E-state index contributed by atoms with van der Waals surface area (Å²) in [6.07, 6.45) is 4.63. The van der Waals surface area contributed by atoms with Crippen molar-refractivity contribution in [2.45, 2.75) is 13.8 Å². The lowest BCUT2D eigenvalue weighted by Gasteiger charge is -1.91. The van der Waals surface area contributed by atoms with E-state index >= 15 is 0 Å². The van der Waals surface area contributed by atoms with Crippen LogP contribution in [-0.2, 0) is 0 Å². The van der Waals surface area contributed by atoms with Crippen molar-refractivity contribution < 1.29 is 4.39 Å². The summed E-state index contributed by atoms with van der Waals surface area (Å²) in [5, 5.41) is 0. The molecule has 0 bridgehead atoms. The van der Waals surface area contributed by atoms with Gasteiger partial charge in [-0.1, -0.05) is 24.8 Å². The number of rotatable bonds is 2. The van der Waals surface area contributed by atoms with E-state index < -0.39 is 0 Å². The van der Waals surface area contributed by atoms with E-state index in [1.54, 1.807) is 26.0 Å². The van der Waals surface area contributed by atoms with Crippen molar-refractivity contribution in [3.63, 3.8) is 0 Å². The van der Waals surface area contributed by atoms with Gasteiger partial charge in [-0.05, 0) is 19.4 Å². The number of hydrogen-bond acceptors (Lipinski definition) is 0. The van der Waals surface area contributed by atoms with Crippen LogP contribution in [0.2, 0.25) is 0 Å². The molecular weight excluding hydrogens is 115 g/mol. The zero-order chi connectivity index (χ0) is 7.28. The van der Waals surface area contributed by atoms with Crippen LogP contribution in [0.4, 0.5) is 4.39 Å². The summed E-state index contributed by atoms with van der Waals surface area (Å²) in [7, 11) is 0. The van der Waals surface area contributed by atoms with E-state index in [4.69, 9.17) is 0 Å². The van der Waals surface area contributed by atoms with E-state index in [-0.39, 0.29) is 5.83 Å². The summed E-state index contributed by atoms with van der Waals surface area (Å²) < 4.78 is 12.5. The van der Waals surface area contributed by atoms with Crippen LogP contribution in [-0.4, -0.2) is 0 Å². The SMILES string of the molecule is C=C/C=C(C)\C(F)=C/C. The molecule has 0 aromatic heterocycles. The Morgan fingerprint density at radius 1 is 1.56 bits per heavy atom. The highest BCUT2D eigenvalue weighted by Crippen LogP contribution is 2.08. The summed E-state index contributed by atoms with van der Waals surface area (Å²) in [5.41, 5.74) is 0.618. The molecule has 9 heavy (non-hydrogen) atoms. The minimum atomic E-state index is -0.185. The summed E-state index contributed by atoms with van der Waals surface area (Å²) in [4.78, 5) is 0. The van der Waals surface area contributed by atoms with Gasteiger partial charge in [-0.25, -0.2) is 4.39 Å². The zero-order valence-electron chi connectivity index (χ0n) is 5.82. The Morgan fingerprint density at radius 2 is 2.11 bits per heavy atom. The van der Waals surface area contributed by atoms with E-state index in [9.17, 15) is 4.39 Å². The van der Waals surface area contributed by atoms with Gasteiger partial charge in [-0.15, -0.1) is 0 Å². The summed E-state index contributed by atoms with van der Waals surface area (Å²) >= 11 is 0. The topological polar surface area (TPSA) is 0 Å². The molecule has 0 rings (SSSR count). The second-order valence-electron chi connectivity index (χ2n) is 1.72. The van der Waals surface area contributed by atoms with Gasteiger partial charge in [0.25, 0.3) is 0 Å². The van der Waals surface area contributed by atoms with Crippen molar-refractivity contribution in [3.8, 4) is 0 Å². The molecule has 0 spiro atoms. The molecule has 0 aliphatic rings. The zero-order valence-corrected chi connectivity index (χ0v) is 5.82. The first kappa shape index (κ1) is 8.15. The molecule has 1 heteroatoms. The van der Waals surface area contributed by atoms with Gasteiger partial charge in [0.15, 0.2) is 0 Å². The van der Waals surface area contributed by atoms with Crippen molar-refractivity contribution >= 4 is 0 Å². The Labute approximate surface area is 55.4 Å². The molecule has 50 valence electrons. The molecule has 0 atom stereocenters. The first-order chi connectivity index (χ1) is 4.22. The first-order valence-corrected chi connectivity index (χ1v) is 2.84. The average Bonchev–Trinajstić information content (AvgIpc) is 1.87. The van der Waals surface area contributed by atoms with Crippen LogP contribution in [0.15, 0.2) is 36.2 Å². The molecule has 0 amide bonds. The normalized spacial score (nSPS) is 13.7. The highest BCUT2D eigenvalue weighted by molar-refractivity contribution is 5.25. The van der Waals surface area contributed by atoms with Crippen molar-refractivity contribution in [3.05, 3.63) is 36.2 Å². The van der Waals surface area contributed by atoms with E-state index in [1.807, 2.05) is 0 Å². The van der Waals surface area contributed by atoms with Gasteiger partial charge in [0, 0.05) is 0 Å². The highest BCUT2D eigenvalue weighted by atomic mass is 19.1. The quantitative estimate of drug-likeness (QED) is 0.499. The van der Waals surface area contributed by atoms with Gasteiger partial charge in [-0.3, -0.25) is 0 Å². The fraction of sp³-hybridized carbons (Fsp3) is 0.250. The van der Waals surface area contributed by atoms with Gasteiger partial charge < -0.3 is 0 Å². The van der Waals surface area contributed by atoms with Crippen LogP contribution in [0, 0.1) is 0 Å². The second kappa shape index (κ2) is 4.07. The van der Waals surface area contributed by atoms with Crippen LogP contribution in [0.25, 0.3) is 0 Å². The molecule has 0 fully saturated rings. The van der Waals surface area contributed by atoms with E-state index in [0.29, 0.717) is 5.57 Å². The molecule has 0 aliphatic carbocycles. The van der Waals surface area contributed by atoms with Crippen molar-refractivity contribution in [2.24, 2.45) is 0 Å². The molecule has 0 unspecified atom stereocenters. The van der Waals surface area contributed by atoms with E-state index in [0.717, 1.165) is 0 Å². The Kier molecular flexibility index (Phi) is 3.69. The standard InChI is InChI=1S/C8H11F/c1-4-6-7(3)8(9)5-2/h4-6H,1H2,2-3H3/b7-6-,8-5+. The molecule has 0 N–H and O–H groups in total. The van der Waals surface area contributed by atoms with Gasteiger partial charge >= 0.3 is 0 Å². The number of hydrogen-bond donors (Lipinski definition) is 0. The van der Waals surface area contributed by atoms with Gasteiger partial charge in [-0.2, -0.15) is 0 Å². The lowest BCUT2D eigenvalue weighted by molar-refractivity contribution is 0.649. The molecular formula is C8H11F. The smallest absolute Gasteiger partial charge is 0.121 e. The van der Waals surface area contributed by atoms with E-state index in [2.05, 4.69) is 6.58 Å². The Bertz CT molecular complexity index is 152. The predicted molar refractivity (Wildman–Crippen MR) is 38.8 cm³/mol. The Balaban J connectivity index is 4.19. The maximum absolute atomic E-state index is 12.5. The molecule has 0 radical (unpaired) electrons. The van der Waals surface area contributed by atoms with Crippen LogP contribution < -0.4 is 0 Å². The third-order valence-electron chi connectivity index (χ3n) is 0.998. The monoisotopic (exact) mass is 126 g/mol. The van der Waals surface area contributed by atoms with Crippen LogP contribution >= 0.6 is 0 Å². The summed E-state index contributed by atoms with van der Waals surface area (Å²) in [6, 6.07) is 0. The Hall–Kier alpha value is -0.850. The predicted octanol–water partition coefficient (Wildman–Crippen LogP) is 2.99. The molecule has 0 aromatic carbocycles. The van der Waals surface area contributed by atoms with Gasteiger partial charge in [0.1, 0.15) is 5.83 Å². The largest absolute Gasteiger partial charge is 0.207 e. The van der Waals surface area contributed by atoms with E-state index in [1.165, 1.54) is 6.08 Å². The fourth-order valence-electron chi connectivity index (χ4n) is 0.484. The Morgan fingerprint density at radius 3 is 2.44 bits per heavy atom. The molecule has 0 aromatic rings. The first-order valence-electron chi connectivity index (χ1n) is 2.84. The van der Waals surface area contributed by atoms with Crippen LogP contribution in [0.3, 0.4) is 0 Å². The minimum Gasteiger partial charge on any atom is -0.207 e. The third kappa shape index (κ3) is 2.85. The number of allylic oxidation sites excluding steroid dienone is 5. The maximum Gasteiger partial charge on any atom is 0.121 e. The van der Waals surface area contributed by atoms with Crippen LogP contribution in [0.1, 0.15) is 13.8 Å². The molecule has 0 aliphatic heterocycles. The maximum atomic E-state index is 12.5. The fourth-order valence-corrected chi connectivity index (χ4v) is 0.484. The van der Waals surface area contributed by atoms with Crippen molar-refractivity contribution in [1.82, 2.24) is 0 Å². The van der Waals surface area contributed by atoms with Gasteiger partial charge in [0.2, 0.25) is 0 Å². The molecule has 0 saturated carbocycles. The molecule has 0 nitrogen and oxygen atoms in total. The average molecular weight is 126 g/mol. The minimum absolute atomic E-state index is 0.185. The van der Waals surface area contributed by atoms with Gasteiger partial charge in [0.05, 0.1) is 0 Å².